The number of hydrogen-bond acceptors (Lipinski definition) is 7. The number of aryl methyl sites for hydroxylation is 2. The summed E-state index contributed by atoms with van der Waals surface area (Å²) < 4.78 is 5.84. The third kappa shape index (κ3) is 6.92. The molecule has 1 heterocycles. The number of carboxylic acids is 1. The van der Waals surface area contributed by atoms with Gasteiger partial charge in [-0.15, -0.1) is 0 Å². The summed E-state index contributed by atoms with van der Waals surface area (Å²) >= 11 is 1.25. The number of aromatic carboxylic acids is 1. The van der Waals surface area contributed by atoms with Gasteiger partial charge in [-0.05, 0) is 49.7 Å². The van der Waals surface area contributed by atoms with E-state index in [4.69, 9.17) is 9.84 Å². The summed E-state index contributed by atoms with van der Waals surface area (Å²) in [6.45, 7) is 4.03. The maximum Gasteiger partial charge on any atom is 0.335 e. The van der Waals surface area contributed by atoms with Gasteiger partial charge in [-0.1, -0.05) is 36.0 Å². The van der Waals surface area contributed by atoms with Crippen LogP contribution in [0.2, 0.25) is 0 Å². The molecule has 32 heavy (non-hydrogen) atoms. The van der Waals surface area contributed by atoms with Gasteiger partial charge < -0.3 is 9.84 Å². The third-order valence-electron chi connectivity index (χ3n) is 4.20. The number of thioether (sulfide) groups is 1. The first-order chi connectivity index (χ1) is 15.4. The predicted molar refractivity (Wildman–Crippen MR) is 122 cm³/mol. The Labute approximate surface area is 189 Å². The molecule has 0 aliphatic rings. The lowest BCUT2D eigenvalue weighted by Gasteiger charge is -2.09. The predicted octanol–water partition coefficient (Wildman–Crippen LogP) is 3.61. The van der Waals surface area contributed by atoms with E-state index < -0.39 is 5.97 Å². The molecule has 0 aliphatic heterocycles. The first kappa shape index (κ1) is 23.0. The fraction of sp³-hybridized carbons (Fsp3) is 0.174. The maximum atomic E-state index is 12.1. The molecule has 0 saturated heterocycles. The average Bonchev–Trinajstić information content (AvgIpc) is 2.76. The van der Waals surface area contributed by atoms with Gasteiger partial charge >= 0.3 is 5.97 Å². The summed E-state index contributed by atoms with van der Waals surface area (Å²) in [7, 11) is 0. The van der Waals surface area contributed by atoms with Crippen molar-refractivity contribution in [3.63, 3.8) is 0 Å². The van der Waals surface area contributed by atoms with Crippen LogP contribution >= 0.6 is 11.8 Å². The maximum absolute atomic E-state index is 12.1. The van der Waals surface area contributed by atoms with Crippen molar-refractivity contribution in [1.29, 1.82) is 0 Å². The van der Waals surface area contributed by atoms with Crippen LogP contribution in [0.1, 0.15) is 32.9 Å². The average molecular weight is 451 g/mol. The van der Waals surface area contributed by atoms with Gasteiger partial charge in [0.05, 0.1) is 17.5 Å². The summed E-state index contributed by atoms with van der Waals surface area (Å²) in [6, 6.07) is 15.6. The molecule has 0 bridgehead atoms. The van der Waals surface area contributed by atoms with Gasteiger partial charge in [-0.25, -0.2) is 20.2 Å². The summed E-state index contributed by atoms with van der Waals surface area (Å²) in [5.74, 6) is -0.511. The second-order valence-corrected chi connectivity index (χ2v) is 7.79. The standard InChI is InChI=1S/C23H22N4O4S/c1-15-11-16(2)26-23(25-15)32-14-21(28)27-24-12-19-5-3-4-6-20(19)31-13-17-7-9-18(10-8-17)22(29)30/h3-12H,13-14H2,1-2H3,(H,27,28)(H,29,30). The lowest BCUT2D eigenvalue weighted by molar-refractivity contribution is -0.118. The Morgan fingerprint density at radius 1 is 1.09 bits per heavy atom. The number of benzene rings is 2. The Hall–Kier alpha value is -3.72. The van der Waals surface area contributed by atoms with Crippen LogP contribution in [0.4, 0.5) is 0 Å². The molecule has 9 heteroatoms. The molecule has 3 rings (SSSR count). The molecule has 0 spiro atoms. The number of nitrogens with zero attached hydrogens (tertiary/aromatic N) is 3. The zero-order valence-electron chi connectivity index (χ0n) is 17.6. The number of nitrogens with one attached hydrogen (secondary N) is 1. The zero-order valence-corrected chi connectivity index (χ0v) is 18.4. The Bertz CT molecular complexity index is 1110. The van der Waals surface area contributed by atoms with Crippen molar-refractivity contribution in [3.8, 4) is 5.75 Å². The highest BCUT2D eigenvalue weighted by Gasteiger charge is 2.07. The quantitative estimate of drug-likeness (QED) is 0.222. The van der Waals surface area contributed by atoms with Crippen LogP contribution in [-0.2, 0) is 11.4 Å². The van der Waals surface area contributed by atoms with Crippen LogP contribution in [-0.4, -0.2) is 38.9 Å². The Kier molecular flexibility index (Phi) is 7.93. The van der Waals surface area contributed by atoms with E-state index in [0.717, 1.165) is 17.0 Å². The van der Waals surface area contributed by atoms with Gasteiger partial charge in [0.25, 0.3) is 5.91 Å². The van der Waals surface area contributed by atoms with E-state index in [0.29, 0.717) is 16.5 Å². The Morgan fingerprint density at radius 2 is 1.78 bits per heavy atom. The number of ether oxygens (including phenoxy) is 1. The minimum absolute atomic E-state index is 0.144. The monoisotopic (exact) mass is 450 g/mol. The van der Waals surface area contributed by atoms with Crippen molar-refractivity contribution in [2.75, 3.05) is 5.75 Å². The molecule has 164 valence electrons. The van der Waals surface area contributed by atoms with E-state index in [1.165, 1.54) is 30.1 Å². The van der Waals surface area contributed by atoms with E-state index in [9.17, 15) is 9.59 Å². The van der Waals surface area contributed by atoms with Crippen molar-refractivity contribution in [2.45, 2.75) is 25.6 Å². The highest BCUT2D eigenvalue weighted by molar-refractivity contribution is 7.99. The topological polar surface area (TPSA) is 114 Å². The molecule has 0 atom stereocenters. The second kappa shape index (κ2) is 11.1. The molecule has 0 radical (unpaired) electrons. The Balaban J connectivity index is 1.53. The molecule has 0 aliphatic carbocycles. The van der Waals surface area contributed by atoms with Crippen LogP contribution in [0.3, 0.4) is 0 Å². The smallest absolute Gasteiger partial charge is 0.335 e. The third-order valence-corrected chi connectivity index (χ3v) is 5.05. The van der Waals surface area contributed by atoms with Crippen molar-refractivity contribution >= 4 is 29.9 Å². The minimum atomic E-state index is -0.971. The Morgan fingerprint density at radius 3 is 2.47 bits per heavy atom. The van der Waals surface area contributed by atoms with E-state index in [1.807, 2.05) is 38.1 Å². The van der Waals surface area contributed by atoms with Crippen LogP contribution < -0.4 is 10.2 Å². The molecular weight excluding hydrogens is 428 g/mol. The minimum Gasteiger partial charge on any atom is -0.488 e. The fourth-order valence-corrected chi connectivity index (χ4v) is 3.46. The van der Waals surface area contributed by atoms with Crippen LogP contribution in [0.15, 0.2) is 64.9 Å². The molecule has 3 aromatic rings. The summed E-state index contributed by atoms with van der Waals surface area (Å²) in [6.07, 6.45) is 1.51. The van der Waals surface area contributed by atoms with E-state index in [1.54, 1.807) is 18.2 Å². The van der Waals surface area contributed by atoms with Crippen molar-refractivity contribution < 1.29 is 19.4 Å². The highest BCUT2D eigenvalue weighted by atomic mass is 32.2. The fourth-order valence-electron chi connectivity index (χ4n) is 2.72. The molecule has 2 aromatic carbocycles. The molecule has 8 nitrogen and oxygen atoms in total. The number of carboxylic acid groups (broad SMARTS) is 1. The molecule has 1 aromatic heterocycles. The molecule has 0 unspecified atom stereocenters. The van der Waals surface area contributed by atoms with E-state index in [-0.39, 0.29) is 23.8 Å². The zero-order chi connectivity index (χ0) is 22.9. The van der Waals surface area contributed by atoms with E-state index >= 15 is 0 Å². The largest absolute Gasteiger partial charge is 0.488 e. The number of amides is 1. The molecule has 0 fully saturated rings. The van der Waals surface area contributed by atoms with Crippen molar-refractivity contribution in [3.05, 3.63) is 82.7 Å². The second-order valence-electron chi connectivity index (χ2n) is 6.84. The lowest BCUT2D eigenvalue weighted by atomic mass is 10.1. The molecule has 1 amide bonds. The molecule has 2 N–H and O–H groups in total. The first-order valence-corrected chi connectivity index (χ1v) is 10.7. The number of rotatable bonds is 9. The van der Waals surface area contributed by atoms with Crippen molar-refractivity contribution in [1.82, 2.24) is 15.4 Å². The van der Waals surface area contributed by atoms with Gasteiger partial charge in [0.2, 0.25) is 0 Å². The van der Waals surface area contributed by atoms with Crippen molar-refractivity contribution in [2.24, 2.45) is 5.10 Å². The van der Waals surface area contributed by atoms with Gasteiger partial charge in [-0.2, -0.15) is 5.10 Å². The number of hydrogen-bond donors (Lipinski definition) is 2. The number of carbonyl (C=O) groups is 2. The van der Waals surface area contributed by atoms with Gasteiger partial charge in [0.15, 0.2) is 5.16 Å². The van der Waals surface area contributed by atoms with Crippen LogP contribution in [0.5, 0.6) is 5.75 Å². The van der Waals surface area contributed by atoms with Crippen LogP contribution in [0, 0.1) is 13.8 Å². The van der Waals surface area contributed by atoms with Gasteiger partial charge in [-0.3, -0.25) is 4.79 Å². The summed E-state index contributed by atoms with van der Waals surface area (Å²) in [5, 5.41) is 13.5. The summed E-state index contributed by atoms with van der Waals surface area (Å²) in [5.41, 5.74) is 5.95. The lowest BCUT2D eigenvalue weighted by Crippen LogP contribution is -2.20. The van der Waals surface area contributed by atoms with Gasteiger partial charge in [0, 0.05) is 17.0 Å². The van der Waals surface area contributed by atoms with E-state index in [2.05, 4.69) is 20.5 Å². The number of para-hydroxylation sites is 1. The highest BCUT2D eigenvalue weighted by Crippen LogP contribution is 2.18. The molecule has 0 saturated carbocycles. The SMILES string of the molecule is Cc1cc(C)nc(SCC(=O)NN=Cc2ccccc2OCc2ccc(C(=O)O)cc2)n1. The number of aromatic nitrogens is 2. The van der Waals surface area contributed by atoms with Crippen LogP contribution in [0.25, 0.3) is 0 Å². The number of carbonyl (C=O) groups excluding carboxylic acids is 1. The molecular formula is C23H22N4O4S. The first-order valence-electron chi connectivity index (χ1n) is 9.72. The normalized spacial score (nSPS) is 10.8. The number of hydrazone groups is 1. The summed E-state index contributed by atoms with van der Waals surface area (Å²) in [4.78, 5) is 31.6. The van der Waals surface area contributed by atoms with Gasteiger partial charge in [0.1, 0.15) is 12.4 Å².